The predicted octanol–water partition coefficient (Wildman–Crippen LogP) is 1.24. The minimum Gasteiger partial charge on any atom is -0.496 e. The van der Waals surface area contributed by atoms with Crippen molar-refractivity contribution in [1.82, 2.24) is 0 Å². The van der Waals surface area contributed by atoms with E-state index in [1.165, 1.54) is 0 Å². The van der Waals surface area contributed by atoms with Crippen LogP contribution < -0.4 is 4.74 Å². The van der Waals surface area contributed by atoms with Crippen LogP contribution in [0.15, 0.2) is 12.1 Å². The molecule has 0 aromatic heterocycles. The van der Waals surface area contributed by atoms with E-state index in [0.29, 0.717) is 12.2 Å². The Kier molecular flexibility index (Phi) is 3.65. The first-order valence-corrected chi connectivity index (χ1v) is 4.43. The lowest BCUT2D eigenvalue weighted by atomic mass is 10.0. The predicted molar refractivity (Wildman–Crippen MR) is 53.4 cm³/mol. The fraction of sp³-hybridized carbons (Fsp3) is 0.364. The van der Waals surface area contributed by atoms with E-state index in [-0.39, 0.29) is 6.61 Å². The first-order chi connectivity index (χ1) is 6.72. The molecule has 0 aliphatic heterocycles. The lowest BCUT2D eigenvalue weighted by Gasteiger charge is -2.10. The van der Waals surface area contributed by atoms with Crippen molar-refractivity contribution < 1.29 is 14.6 Å². The highest BCUT2D eigenvalue weighted by molar-refractivity contribution is 5.57. The van der Waals surface area contributed by atoms with Crippen molar-refractivity contribution in [1.29, 1.82) is 0 Å². The Morgan fingerprint density at radius 2 is 2.21 bits per heavy atom. The Morgan fingerprint density at radius 1 is 1.50 bits per heavy atom. The highest BCUT2D eigenvalue weighted by Crippen LogP contribution is 2.23. The van der Waals surface area contributed by atoms with Crippen molar-refractivity contribution in [2.45, 2.75) is 20.0 Å². The van der Waals surface area contributed by atoms with Gasteiger partial charge < -0.3 is 14.6 Å². The van der Waals surface area contributed by atoms with Gasteiger partial charge >= 0.3 is 0 Å². The van der Waals surface area contributed by atoms with Crippen molar-refractivity contribution in [3.63, 3.8) is 0 Å². The second-order valence-electron chi connectivity index (χ2n) is 3.11. The van der Waals surface area contributed by atoms with Gasteiger partial charge in [-0.3, -0.25) is 0 Å². The van der Waals surface area contributed by atoms with E-state index in [1.54, 1.807) is 7.11 Å². The second-order valence-corrected chi connectivity index (χ2v) is 3.11. The lowest BCUT2D eigenvalue weighted by Crippen LogP contribution is -1.97. The third-order valence-electron chi connectivity index (χ3n) is 2.24. The molecule has 0 fully saturated rings. The summed E-state index contributed by atoms with van der Waals surface area (Å²) in [6, 6.07) is 3.65. The van der Waals surface area contributed by atoms with Crippen LogP contribution in [-0.2, 0) is 17.8 Å². The van der Waals surface area contributed by atoms with Crippen LogP contribution >= 0.6 is 0 Å². The largest absolute Gasteiger partial charge is 0.496 e. The molecule has 3 nitrogen and oxygen atoms in total. The Morgan fingerprint density at radius 3 is 2.71 bits per heavy atom. The monoisotopic (exact) mass is 194 g/mol. The van der Waals surface area contributed by atoms with Gasteiger partial charge in [0.1, 0.15) is 12.0 Å². The summed E-state index contributed by atoms with van der Waals surface area (Å²) in [5, 5.41) is 9.09. The number of aldehydes is 1. The second kappa shape index (κ2) is 4.77. The molecule has 1 aromatic rings. The van der Waals surface area contributed by atoms with Crippen molar-refractivity contribution in [2.75, 3.05) is 7.11 Å². The van der Waals surface area contributed by atoms with Crippen LogP contribution in [0.3, 0.4) is 0 Å². The van der Waals surface area contributed by atoms with E-state index in [0.717, 1.165) is 23.0 Å². The fourth-order valence-electron chi connectivity index (χ4n) is 1.40. The number of aliphatic hydroxyl groups excluding tert-OH is 1. The molecule has 76 valence electrons. The number of hydrogen-bond donors (Lipinski definition) is 1. The first-order valence-electron chi connectivity index (χ1n) is 4.43. The molecule has 0 aliphatic carbocycles. The molecule has 0 aliphatic rings. The van der Waals surface area contributed by atoms with E-state index < -0.39 is 0 Å². The van der Waals surface area contributed by atoms with E-state index in [9.17, 15) is 4.79 Å². The van der Waals surface area contributed by atoms with Gasteiger partial charge in [0.15, 0.2) is 0 Å². The minimum atomic E-state index is -0.0328. The van der Waals surface area contributed by atoms with E-state index in [2.05, 4.69) is 0 Å². The van der Waals surface area contributed by atoms with Gasteiger partial charge in [-0.05, 0) is 29.7 Å². The summed E-state index contributed by atoms with van der Waals surface area (Å²) in [5.41, 5.74) is 2.59. The van der Waals surface area contributed by atoms with Crippen molar-refractivity contribution in [2.24, 2.45) is 0 Å². The molecular weight excluding hydrogens is 180 g/mol. The van der Waals surface area contributed by atoms with Crippen LogP contribution in [0.4, 0.5) is 0 Å². The summed E-state index contributed by atoms with van der Waals surface area (Å²) in [5.74, 6) is 0.716. The molecule has 3 heteroatoms. The SMILES string of the molecule is COc1cc(CC=O)cc(CO)c1C. The fourth-order valence-corrected chi connectivity index (χ4v) is 1.40. The number of methoxy groups -OCH3 is 1. The lowest BCUT2D eigenvalue weighted by molar-refractivity contribution is -0.107. The molecule has 14 heavy (non-hydrogen) atoms. The van der Waals surface area contributed by atoms with Crippen LogP contribution in [0.25, 0.3) is 0 Å². The minimum absolute atomic E-state index is 0.0328. The van der Waals surface area contributed by atoms with E-state index in [4.69, 9.17) is 9.84 Å². The van der Waals surface area contributed by atoms with Gasteiger partial charge in [0, 0.05) is 6.42 Å². The summed E-state index contributed by atoms with van der Waals surface area (Å²) in [4.78, 5) is 10.4. The molecule has 0 spiro atoms. The molecule has 0 amide bonds. The summed E-state index contributed by atoms with van der Waals surface area (Å²) in [7, 11) is 1.58. The van der Waals surface area contributed by atoms with E-state index in [1.807, 2.05) is 19.1 Å². The van der Waals surface area contributed by atoms with Crippen molar-refractivity contribution in [3.05, 3.63) is 28.8 Å². The molecule has 0 atom stereocenters. The zero-order valence-corrected chi connectivity index (χ0v) is 8.41. The number of benzene rings is 1. The molecule has 0 radical (unpaired) electrons. The number of carbonyl (C=O) groups excluding carboxylic acids is 1. The first kappa shape index (κ1) is 10.7. The van der Waals surface area contributed by atoms with Gasteiger partial charge in [0.05, 0.1) is 13.7 Å². The van der Waals surface area contributed by atoms with Crippen LogP contribution in [-0.4, -0.2) is 18.5 Å². The summed E-state index contributed by atoms with van der Waals surface area (Å²) in [6.07, 6.45) is 1.19. The van der Waals surface area contributed by atoms with Gasteiger partial charge in [0.2, 0.25) is 0 Å². The smallest absolute Gasteiger partial charge is 0.124 e. The molecule has 0 saturated heterocycles. The Hall–Kier alpha value is -1.35. The zero-order chi connectivity index (χ0) is 10.6. The number of carbonyl (C=O) groups is 1. The van der Waals surface area contributed by atoms with Crippen molar-refractivity contribution >= 4 is 6.29 Å². The van der Waals surface area contributed by atoms with Crippen LogP contribution in [0.2, 0.25) is 0 Å². The quantitative estimate of drug-likeness (QED) is 0.733. The number of aliphatic hydroxyl groups is 1. The maximum Gasteiger partial charge on any atom is 0.124 e. The Bertz CT molecular complexity index is 306. The maximum atomic E-state index is 10.4. The standard InChI is InChI=1S/C11H14O3/c1-8-10(7-13)5-9(3-4-12)6-11(8)14-2/h4-6,13H,3,7H2,1-2H3. The Labute approximate surface area is 83.3 Å². The molecule has 0 bridgehead atoms. The van der Waals surface area contributed by atoms with Crippen LogP contribution in [0.5, 0.6) is 5.75 Å². The highest BCUT2D eigenvalue weighted by Gasteiger charge is 2.06. The van der Waals surface area contributed by atoms with Gasteiger partial charge in [-0.15, -0.1) is 0 Å². The van der Waals surface area contributed by atoms with Gasteiger partial charge in [-0.25, -0.2) is 0 Å². The summed E-state index contributed by atoms with van der Waals surface area (Å²) in [6.45, 7) is 1.85. The molecule has 1 rings (SSSR count). The van der Waals surface area contributed by atoms with Gasteiger partial charge in [-0.1, -0.05) is 6.07 Å². The molecular formula is C11H14O3. The molecule has 0 unspecified atom stereocenters. The highest BCUT2D eigenvalue weighted by atomic mass is 16.5. The topological polar surface area (TPSA) is 46.5 Å². The van der Waals surface area contributed by atoms with Crippen molar-refractivity contribution in [3.8, 4) is 5.75 Å². The third kappa shape index (κ3) is 2.12. The average molecular weight is 194 g/mol. The third-order valence-corrected chi connectivity index (χ3v) is 2.24. The number of hydrogen-bond acceptors (Lipinski definition) is 3. The zero-order valence-electron chi connectivity index (χ0n) is 8.41. The van der Waals surface area contributed by atoms with Crippen LogP contribution in [0, 0.1) is 6.92 Å². The van der Waals surface area contributed by atoms with Gasteiger partial charge in [0.25, 0.3) is 0 Å². The Balaban J connectivity index is 3.17. The normalized spacial score (nSPS) is 9.93. The summed E-state index contributed by atoms with van der Waals surface area (Å²) >= 11 is 0. The molecule has 0 saturated carbocycles. The molecule has 1 N–H and O–H groups in total. The summed E-state index contributed by atoms with van der Waals surface area (Å²) < 4.78 is 5.15. The maximum absolute atomic E-state index is 10.4. The molecule has 0 heterocycles. The van der Waals surface area contributed by atoms with Crippen LogP contribution in [0.1, 0.15) is 16.7 Å². The molecule has 1 aromatic carbocycles. The average Bonchev–Trinajstić information content (AvgIpc) is 2.20. The number of rotatable bonds is 4. The number of ether oxygens (including phenoxy) is 1. The van der Waals surface area contributed by atoms with Gasteiger partial charge in [-0.2, -0.15) is 0 Å². The van der Waals surface area contributed by atoms with E-state index >= 15 is 0 Å².